The van der Waals surface area contributed by atoms with Crippen LogP contribution in [0.1, 0.15) is 39.0 Å². The molecule has 1 N–H and O–H groups in total. The van der Waals surface area contributed by atoms with Gasteiger partial charge in [0.05, 0.1) is 0 Å². The maximum Gasteiger partial charge on any atom is 0.326 e. The number of likely N-dealkylation sites (N-methyl/N-ethyl adjacent to an activating group) is 1. The van der Waals surface area contributed by atoms with E-state index in [0.717, 1.165) is 25.7 Å². The topological polar surface area (TPSA) is 57.6 Å². The predicted molar refractivity (Wildman–Crippen MR) is 56.4 cm³/mol. The molecular formula is C11H19NO3. The van der Waals surface area contributed by atoms with E-state index in [-0.39, 0.29) is 11.8 Å². The number of carboxylic acids is 1. The third kappa shape index (κ3) is 2.94. The van der Waals surface area contributed by atoms with Gasteiger partial charge in [-0.05, 0) is 19.8 Å². The van der Waals surface area contributed by atoms with Crippen LogP contribution in [0, 0.1) is 5.92 Å². The maximum absolute atomic E-state index is 11.9. The van der Waals surface area contributed by atoms with Crippen molar-refractivity contribution in [2.24, 2.45) is 5.92 Å². The molecule has 1 unspecified atom stereocenters. The number of hydrogen-bond donors (Lipinski definition) is 1. The highest BCUT2D eigenvalue weighted by Crippen LogP contribution is 2.25. The van der Waals surface area contributed by atoms with Gasteiger partial charge < -0.3 is 10.0 Å². The van der Waals surface area contributed by atoms with Crippen molar-refractivity contribution < 1.29 is 14.7 Å². The Bertz CT molecular complexity index is 246. The Balaban J connectivity index is 2.54. The molecule has 1 fully saturated rings. The minimum absolute atomic E-state index is 0.00963. The van der Waals surface area contributed by atoms with Gasteiger partial charge in [-0.1, -0.05) is 19.3 Å². The lowest BCUT2D eigenvalue weighted by Crippen LogP contribution is -2.43. The Kier molecular flexibility index (Phi) is 4.12. The van der Waals surface area contributed by atoms with Crippen molar-refractivity contribution in [3.63, 3.8) is 0 Å². The van der Waals surface area contributed by atoms with Gasteiger partial charge in [0.25, 0.3) is 0 Å². The van der Waals surface area contributed by atoms with Gasteiger partial charge in [-0.15, -0.1) is 0 Å². The summed E-state index contributed by atoms with van der Waals surface area (Å²) in [7, 11) is 1.58. The highest BCUT2D eigenvalue weighted by molar-refractivity contribution is 5.84. The molecule has 1 aliphatic rings. The number of aliphatic carboxylic acids is 1. The van der Waals surface area contributed by atoms with Crippen LogP contribution >= 0.6 is 0 Å². The number of rotatable bonds is 3. The monoisotopic (exact) mass is 213 g/mol. The van der Waals surface area contributed by atoms with E-state index in [0.29, 0.717) is 0 Å². The molecule has 1 aliphatic carbocycles. The van der Waals surface area contributed by atoms with Crippen molar-refractivity contribution in [2.75, 3.05) is 7.05 Å². The number of nitrogens with zero attached hydrogens (tertiary/aromatic N) is 1. The van der Waals surface area contributed by atoms with E-state index in [4.69, 9.17) is 5.11 Å². The smallest absolute Gasteiger partial charge is 0.326 e. The molecule has 1 saturated carbocycles. The molecule has 4 heteroatoms. The van der Waals surface area contributed by atoms with E-state index in [9.17, 15) is 9.59 Å². The molecule has 4 nitrogen and oxygen atoms in total. The fraction of sp³-hybridized carbons (Fsp3) is 0.818. The molecular weight excluding hydrogens is 194 g/mol. The summed E-state index contributed by atoms with van der Waals surface area (Å²) in [5.41, 5.74) is 0. The first-order valence-electron chi connectivity index (χ1n) is 5.53. The molecule has 86 valence electrons. The lowest BCUT2D eigenvalue weighted by Gasteiger charge is -2.28. The van der Waals surface area contributed by atoms with E-state index < -0.39 is 12.0 Å². The highest BCUT2D eigenvalue weighted by Gasteiger charge is 2.28. The molecule has 15 heavy (non-hydrogen) atoms. The average molecular weight is 213 g/mol. The lowest BCUT2D eigenvalue weighted by molar-refractivity contribution is -0.150. The molecule has 0 spiro atoms. The van der Waals surface area contributed by atoms with Gasteiger partial charge >= 0.3 is 5.97 Å². The highest BCUT2D eigenvalue weighted by atomic mass is 16.4. The molecule has 0 aromatic carbocycles. The van der Waals surface area contributed by atoms with Crippen LogP contribution in [0.3, 0.4) is 0 Å². The number of carbonyl (C=O) groups excluding carboxylic acids is 1. The van der Waals surface area contributed by atoms with Gasteiger partial charge in [0.15, 0.2) is 0 Å². The molecule has 1 atom stereocenters. The Morgan fingerprint density at radius 2 is 1.80 bits per heavy atom. The Morgan fingerprint density at radius 3 is 2.27 bits per heavy atom. The van der Waals surface area contributed by atoms with Crippen LogP contribution in [-0.4, -0.2) is 35.0 Å². The summed E-state index contributed by atoms with van der Waals surface area (Å²) in [5.74, 6) is -0.906. The Morgan fingerprint density at radius 1 is 1.27 bits per heavy atom. The Labute approximate surface area is 90.3 Å². The van der Waals surface area contributed by atoms with Crippen molar-refractivity contribution in [2.45, 2.75) is 45.1 Å². The molecule has 0 saturated heterocycles. The average Bonchev–Trinajstić information content (AvgIpc) is 2.27. The number of amides is 1. The SMILES string of the molecule is CC(C(=O)O)N(C)C(=O)C1CCCCC1. The zero-order valence-electron chi connectivity index (χ0n) is 9.40. The lowest BCUT2D eigenvalue weighted by atomic mass is 9.88. The summed E-state index contributed by atoms with van der Waals surface area (Å²) in [5, 5.41) is 8.81. The molecule has 0 aromatic rings. The summed E-state index contributed by atoms with van der Waals surface area (Å²) < 4.78 is 0. The van der Waals surface area contributed by atoms with Crippen LogP contribution in [0.15, 0.2) is 0 Å². The first kappa shape index (κ1) is 12.0. The predicted octanol–water partition coefficient (Wildman–Crippen LogP) is 1.50. The quantitative estimate of drug-likeness (QED) is 0.772. The van der Waals surface area contributed by atoms with E-state index in [1.54, 1.807) is 14.0 Å². The van der Waals surface area contributed by atoms with Crippen molar-refractivity contribution in [3.8, 4) is 0 Å². The standard InChI is InChI=1S/C11H19NO3/c1-8(11(14)15)12(2)10(13)9-6-4-3-5-7-9/h8-9H,3-7H2,1-2H3,(H,14,15). The summed E-state index contributed by atoms with van der Waals surface area (Å²) in [6.45, 7) is 1.54. The van der Waals surface area contributed by atoms with Crippen molar-refractivity contribution >= 4 is 11.9 Å². The summed E-state index contributed by atoms with van der Waals surface area (Å²) in [6, 6.07) is -0.723. The van der Waals surface area contributed by atoms with E-state index in [1.165, 1.54) is 11.3 Å². The second-order valence-corrected chi connectivity index (χ2v) is 4.30. The maximum atomic E-state index is 11.9. The normalized spacial score (nSPS) is 19.6. The zero-order chi connectivity index (χ0) is 11.4. The van der Waals surface area contributed by atoms with E-state index in [2.05, 4.69) is 0 Å². The van der Waals surface area contributed by atoms with Gasteiger partial charge in [-0.25, -0.2) is 4.79 Å². The Hall–Kier alpha value is -1.06. The molecule has 0 radical (unpaired) electrons. The van der Waals surface area contributed by atoms with Crippen LogP contribution in [0.4, 0.5) is 0 Å². The molecule has 0 aliphatic heterocycles. The molecule has 0 bridgehead atoms. The second kappa shape index (κ2) is 5.14. The van der Waals surface area contributed by atoms with Crippen LogP contribution in [-0.2, 0) is 9.59 Å². The van der Waals surface area contributed by atoms with Crippen molar-refractivity contribution in [3.05, 3.63) is 0 Å². The zero-order valence-corrected chi connectivity index (χ0v) is 9.40. The van der Waals surface area contributed by atoms with Gasteiger partial charge in [0.1, 0.15) is 6.04 Å². The van der Waals surface area contributed by atoms with E-state index in [1.807, 2.05) is 0 Å². The van der Waals surface area contributed by atoms with E-state index >= 15 is 0 Å². The second-order valence-electron chi connectivity index (χ2n) is 4.30. The minimum Gasteiger partial charge on any atom is -0.480 e. The van der Waals surface area contributed by atoms with Crippen molar-refractivity contribution in [1.82, 2.24) is 4.90 Å². The van der Waals surface area contributed by atoms with Gasteiger partial charge in [0, 0.05) is 13.0 Å². The summed E-state index contributed by atoms with van der Waals surface area (Å²) >= 11 is 0. The van der Waals surface area contributed by atoms with Crippen LogP contribution < -0.4 is 0 Å². The fourth-order valence-corrected chi connectivity index (χ4v) is 1.99. The number of carbonyl (C=O) groups is 2. The minimum atomic E-state index is -0.943. The third-order valence-electron chi connectivity index (χ3n) is 3.24. The number of hydrogen-bond acceptors (Lipinski definition) is 2. The molecule has 0 aromatic heterocycles. The first-order valence-corrected chi connectivity index (χ1v) is 5.53. The van der Waals surface area contributed by atoms with Gasteiger partial charge in [0.2, 0.25) is 5.91 Å². The summed E-state index contributed by atoms with van der Waals surface area (Å²) in [4.78, 5) is 24.0. The third-order valence-corrected chi connectivity index (χ3v) is 3.24. The van der Waals surface area contributed by atoms with Gasteiger partial charge in [-0.3, -0.25) is 4.79 Å². The van der Waals surface area contributed by atoms with Crippen LogP contribution in [0.5, 0.6) is 0 Å². The molecule has 1 amide bonds. The first-order chi connectivity index (χ1) is 7.04. The molecule has 0 heterocycles. The fourth-order valence-electron chi connectivity index (χ4n) is 1.99. The van der Waals surface area contributed by atoms with Crippen LogP contribution in [0.2, 0.25) is 0 Å². The number of carboxylic acid groups (broad SMARTS) is 1. The largest absolute Gasteiger partial charge is 0.480 e. The van der Waals surface area contributed by atoms with Crippen molar-refractivity contribution in [1.29, 1.82) is 0 Å². The van der Waals surface area contributed by atoms with Crippen LogP contribution in [0.25, 0.3) is 0 Å². The van der Waals surface area contributed by atoms with Gasteiger partial charge in [-0.2, -0.15) is 0 Å². The molecule has 1 rings (SSSR count). The summed E-state index contributed by atoms with van der Waals surface area (Å²) in [6.07, 6.45) is 5.20.